The number of likely N-dealkylation sites (N-methyl/N-ethyl adjacent to an activating group) is 1. The van der Waals surface area contributed by atoms with Gasteiger partial charge in [0.25, 0.3) is 0 Å². The molecule has 1 unspecified atom stereocenters. The third-order valence-corrected chi connectivity index (χ3v) is 6.25. The van der Waals surface area contributed by atoms with Gasteiger partial charge in [-0.2, -0.15) is 5.10 Å². The summed E-state index contributed by atoms with van der Waals surface area (Å²) in [7, 11) is 1.80. The van der Waals surface area contributed by atoms with E-state index in [9.17, 15) is 4.79 Å². The molecule has 0 bridgehead atoms. The predicted octanol–water partition coefficient (Wildman–Crippen LogP) is 4.39. The van der Waals surface area contributed by atoms with E-state index in [0.29, 0.717) is 11.1 Å². The Morgan fingerprint density at radius 3 is 2.43 bits per heavy atom. The molecule has 0 spiro atoms. The van der Waals surface area contributed by atoms with E-state index >= 15 is 0 Å². The molecule has 1 aromatic carbocycles. The van der Waals surface area contributed by atoms with Crippen LogP contribution in [0, 0.1) is 0 Å². The van der Waals surface area contributed by atoms with E-state index in [0.717, 1.165) is 14.6 Å². The monoisotopic (exact) mass is 477 g/mol. The molecule has 0 aliphatic carbocycles. The van der Waals surface area contributed by atoms with Crippen LogP contribution in [-0.2, 0) is 11.3 Å². The first-order chi connectivity index (χ1) is 9.91. The van der Waals surface area contributed by atoms with Crippen molar-refractivity contribution < 1.29 is 4.79 Å². The normalized spacial score (nSPS) is 12.2. The van der Waals surface area contributed by atoms with Crippen molar-refractivity contribution in [3.8, 4) is 0 Å². The molecular formula is C14H14Br3N3O. The van der Waals surface area contributed by atoms with Crippen LogP contribution in [0.5, 0.6) is 0 Å². The third-order valence-electron chi connectivity index (χ3n) is 3.12. The molecule has 0 saturated carbocycles. The van der Waals surface area contributed by atoms with Gasteiger partial charge in [0.1, 0.15) is 15.2 Å². The van der Waals surface area contributed by atoms with Gasteiger partial charge in [0, 0.05) is 13.6 Å². The number of nitrogens with zero attached hydrogens (tertiary/aromatic N) is 3. The molecule has 0 saturated heterocycles. The molecular weight excluding hydrogens is 466 g/mol. The van der Waals surface area contributed by atoms with Crippen molar-refractivity contribution >= 4 is 53.7 Å². The van der Waals surface area contributed by atoms with Crippen molar-refractivity contribution in [1.29, 1.82) is 0 Å². The summed E-state index contributed by atoms with van der Waals surface area (Å²) in [6.45, 7) is 2.41. The number of halogens is 3. The van der Waals surface area contributed by atoms with Crippen LogP contribution in [0.25, 0.3) is 0 Å². The number of hydrogen-bond acceptors (Lipinski definition) is 2. The number of carbonyl (C=O) groups is 1. The molecule has 1 atom stereocenters. The zero-order chi connectivity index (χ0) is 15.6. The summed E-state index contributed by atoms with van der Waals surface area (Å²) in [5, 5.41) is 4.31. The highest BCUT2D eigenvalue weighted by Crippen LogP contribution is 2.32. The first kappa shape index (κ1) is 16.7. The van der Waals surface area contributed by atoms with Crippen LogP contribution in [0.1, 0.15) is 18.5 Å². The lowest BCUT2D eigenvalue weighted by molar-refractivity contribution is -0.133. The maximum absolute atomic E-state index is 12.5. The van der Waals surface area contributed by atoms with E-state index in [-0.39, 0.29) is 5.91 Å². The smallest absolute Gasteiger partial charge is 0.247 e. The minimum atomic E-state index is -0.393. The van der Waals surface area contributed by atoms with Crippen molar-refractivity contribution in [2.45, 2.75) is 19.5 Å². The fourth-order valence-corrected chi connectivity index (χ4v) is 3.44. The van der Waals surface area contributed by atoms with Crippen LogP contribution in [0.4, 0.5) is 0 Å². The number of rotatable bonds is 4. The number of carbonyl (C=O) groups excluding carboxylic acids is 1. The summed E-state index contributed by atoms with van der Waals surface area (Å²) >= 11 is 10.2. The fraction of sp³-hybridized carbons (Fsp3) is 0.286. The molecule has 1 heterocycles. The van der Waals surface area contributed by atoms with Gasteiger partial charge in [-0.25, -0.2) is 4.68 Å². The standard InChI is InChI=1S/C14H14Br3N3O/c1-9(20-13(17)11(15)12(16)18-20)14(21)19(2)8-10-6-4-3-5-7-10/h3-7,9H,8H2,1-2H3. The second-order valence-electron chi connectivity index (χ2n) is 4.70. The molecule has 0 radical (unpaired) electrons. The van der Waals surface area contributed by atoms with Gasteiger partial charge < -0.3 is 4.90 Å². The van der Waals surface area contributed by atoms with Crippen LogP contribution in [-0.4, -0.2) is 27.6 Å². The van der Waals surface area contributed by atoms with Crippen molar-refractivity contribution in [1.82, 2.24) is 14.7 Å². The Balaban J connectivity index is 2.13. The first-order valence-electron chi connectivity index (χ1n) is 6.29. The Morgan fingerprint density at radius 2 is 1.90 bits per heavy atom. The number of benzene rings is 1. The zero-order valence-electron chi connectivity index (χ0n) is 11.6. The van der Waals surface area contributed by atoms with Crippen LogP contribution < -0.4 is 0 Å². The quantitative estimate of drug-likeness (QED) is 0.652. The van der Waals surface area contributed by atoms with Crippen LogP contribution in [0.2, 0.25) is 0 Å². The summed E-state index contributed by atoms with van der Waals surface area (Å²) in [6.07, 6.45) is 0. The lowest BCUT2D eigenvalue weighted by atomic mass is 10.2. The number of aromatic nitrogens is 2. The van der Waals surface area contributed by atoms with Crippen LogP contribution in [0.15, 0.2) is 44.0 Å². The number of hydrogen-bond donors (Lipinski definition) is 0. The number of amides is 1. The first-order valence-corrected chi connectivity index (χ1v) is 8.67. The van der Waals surface area contributed by atoms with E-state index in [4.69, 9.17) is 0 Å². The van der Waals surface area contributed by atoms with Crippen LogP contribution >= 0.6 is 47.8 Å². The third kappa shape index (κ3) is 3.76. The molecule has 2 aromatic rings. The van der Waals surface area contributed by atoms with Gasteiger partial charge in [0.2, 0.25) is 5.91 Å². The summed E-state index contributed by atoms with van der Waals surface area (Å²) in [6, 6.07) is 9.52. The maximum atomic E-state index is 12.5. The predicted molar refractivity (Wildman–Crippen MR) is 93.0 cm³/mol. The summed E-state index contributed by atoms with van der Waals surface area (Å²) < 4.78 is 3.86. The molecule has 2 rings (SSSR count). The SMILES string of the molecule is CC(C(=O)N(C)Cc1ccccc1)n1nc(Br)c(Br)c1Br. The molecule has 112 valence electrons. The second kappa shape index (κ2) is 7.07. The van der Waals surface area contributed by atoms with Gasteiger partial charge in [-0.3, -0.25) is 4.79 Å². The zero-order valence-corrected chi connectivity index (χ0v) is 16.3. The van der Waals surface area contributed by atoms with E-state index in [1.807, 2.05) is 37.3 Å². The molecule has 0 N–H and O–H groups in total. The Kier molecular flexibility index (Phi) is 5.62. The van der Waals surface area contributed by atoms with E-state index in [1.165, 1.54) is 0 Å². The lowest BCUT2D eigenvalue weighted by Crippen LogP contribution is -2.33. The average Bonchev–Trinajstić information content (AvgIpc) is 2.74. The van der Waals surface area contributed by atoms with Crippen LogP contribution in [0.3, 0.4) is 0 Å². The Morgan fingerprint density at radius 1 is 1.29 bits per heavy atom. The summed E-state index contributed by atoms with van der Waals surface area (Å²) in [5.74, 6) is 0.00190. The highest BCUT2D eigenvalue weighted by molar-refractivity contribution is 9.14. The second-order valence-corrected chi connectivity index (χ2v) is 6.99. The Labute approximate surface area is 148 Å². The van der Waals surface area contributed by atoms with E-state index in [1.54, 1.807) is 16.6 Å². The minimum absolute atomic E-state index is 0.00190. The Hall–Kier alpha value is -0.660. The van der Waals surface area contributed by atoms with Gasteiger partial charge in [0.15, 0.2) is 0 Å². The molecule has 1 aromatic heterocycles. The van der Waals surface area contributed by atoms with Crippen molar-refractivity contribution in [3.05, 3.63) is 49.6 Å². The van der Waals surface area contributed by atoms with Gasteiger partial charge in [-0.15, -0.1) is 0 Å². The summed E-state index contributed by atoms with van der Waals surface area (Å²) in [4.78, 5) is 14.2. The molecule has 4 nitrogen and oxygen atoms in total. The topological polar surface area (TPSA) is 38.1 Å². The molecule has 0 aliphatic rings. The molecule has 21 heavy (non-hydrogen) atoms. The van der Waals surface area contributed by atoms with Gasteiger partial charge in [-0.05, 0) is 60.3 Å². The van der Waals surface area contributed by atoms with Crippen molar-refractivity contribution in [3.63, 3.8) is 0 Å². The summed E-state index contributed by atoms with van der Waals surface area (Å²) in [5.41, 5.74) is 1.10. The molecule has 1 amide bonds. The highest BCUT2D eigenvalue weighted by atomic mass is 79.9. The van der Waals surface area contributed by atoms with E-state index in [2.05, 4.69) is 52.9 Å². The van der Waals surface area contributed by atoms with Gasteiger partial charge >= 0.3 is 0 Å². The fourth-order valence-electron chi connectivity index (χ4n) is 1.98. The lowest BCUT2D eigenvalue weighted by Gasteiger charge is -2.22. The highest BCUT2D eigenvalue weighted by Gasteiger charge is 2.24. The average molecular weight is 480 g/mol. The van der Waals surface area contributed by atoms with Gasteiger partial charge in [-0.1, -0.05) is 30.3 Å². The van der Waals surface area contributed by atoms with E-state index < -0.39 is 6.04 Å². The largest absolute Gasteiger partial charge is 0.340 e. The molecule has 0 aliphatic heterocycles. The minimum Gasteiger partial charge on any atom is -0.340 e. The van der Waals surface area contributed by atoms with Gasteiger partial charge in [0.05, 0.1) is 4.47 Å². The van der Waals surface area contributed by atoms with Crippen molar-refractivity contribution in [2.75, 3.05) is 7.05 Å². The molecule has 0 fully saturated rings. The van der Waals surface area contributed by atoms with Crippen molar-refractivity contribution in [2.24, 2.45) is 0 Å². The maximum Gasteiger partial charge on any atom is 0.247 e. The Bertz CT molecular complexity index is 642. The molecule has 7 heteroatoms.